The van der Waals surface area contributed by atoms with Gasteiger partial charge in [0.15, 0.2) is 0 Å². The molecule has 2 aliphatic rings. The van der Waals surface area contributed by atoms with Gasteiger partial charge in [0.1, 0.15) is 5.75 Å². The van der Waals surface area contributed by atoms with Crippen LogP contribution in [0, 0.1) is 0 Å². The molecule has 2 aliphatic heterocycles. The van der Waals surface area contributed by atoms with E-state index in [1.165, 1.54) is 30.6 Å². The number of nitrogens with zero attached hydrogens (tertiary/aromatic N) is 3. The Kier molecular flexibility index (Phi) is 4.68. The first-order chi connectivity index (χ1) is 12.3. The predicted octanol–water partition coefficient (Wildman–Crippen LogP) is 3.71. The Morgan fingerprint density at radius 3 is 1.92 bits per heavy atom. The Morgan fingerprint density at radius 1 is 0.600 bits per heavy atom. The lowest BCUT2D eigenvalue weighted by atomic mass is 10.1. The van der Waals surface area contributed by atoms with Crippen molar-refractivity contribution in [2.45, 2.75) is 19.3 Å². The van der Waals surface area contributed by atoms with Gasteiger partial charge in [-0.1, -0.05) is 18.2 Å². The second-order valence-corrected chi connectivity index (χ2v) is 7.03. The van der Waals surface area contributed by atoms with Crippen LogP contribution in [0.1, 0.15) is 19.3 Å². The van der Waals surface area contributed by atoms with Gasteiger partial charge >= 0.3 is 0 Å². The summed E-state index contributed by atoms with van der Waals surface area (Å²) in [5.41, 5.74) is 3.54. The van der Waals surface area contributed by atoms with Gasteiger partial charge in [0.05, 0.1) is 5.69 Å². The summed E-state index contributed by atoms with van der Waals surface area (Å²) in [4.78, 5) is 7.22. The molecule has 0 amide bonds. The van der Waals surface area contributed by atoms with E-state index in [0.717, 1.165) is 45.0 Å². The number of phenols is 1. The Balaban J connectivity index is 1.46. The standard InChI is InChI=1S/C21H27N3O/c25-21-10-9-19(17-20(21)24-11-5-2-6-12-24)23-15-13-22(14-16-23)18-7-3-1-4-8-18/h1,3-4,7-10,17,25H,2,5-6,11-16H2. The summed E-state index contributed by atoms with van der Waals surface area (Å²) in [5.74, 6) is 0.411. The molecule has 0 unspecified atom stereocenters. The molecule has 4 heteroatoms. The van der Waals surface area contributed by atoms with Crippen molar-refractivity contribution < 1.29 is 5.11 Å². The number of hydrogen-bond acceptors (Lipinski definition) is 4. The Bertz CT molecular complexity index is 690. The average Bonchev–Trinajstić information content (AvgIpc) is 2.70. The second-order valence-electron chi connectivity index (χ2n) is 7.03. The van der Waals surface area contributed by atoms with Gasteiger partial charge in [-0.05, 0) is 49.6 Å². The summed E-state index contributed by atoms with van der Waals surface area (Å²) < 4.78 is 0. The highest BCUT2D eigenvalue weighted by Crippen LogP contribution is 2.34. The zero-order chi connectivity index (χ0) is 17.1. The van der Waals surface area contributed by atoms with Gasteiger partial charge in [-0.3, -0.25) is 0 Å². The summed E-state index contributed by atoms with van der Waals surface area (Å²) in [6.45, 7) is 6.20. The third kappa shape index (κ3) is 3.53. The smallest absolute Gasteiger partial charge is 0.139 e. The molecule has 2 saturated heterocycles. The fraction of sp³-hybridized carbons (Fsp3) is 0.429. The predicted molar refractivity (Wildman–Crippen MR) is 105 cm³/mol. The molecule has 25 heavy (non-hydrogen) atoms. The molecule has 2 fully saturated rings. The minimum absolute atomic E-state index is 0.411. The minimum Gasteiger partial charge on any atom is -0.506 e. The summed E-state index contributed by atoms with van der Waals surface area (Å²) in [6.07, 6.45) is 3.75. The van der Waals surface area contributed by atoms with Crippen molar-refractivity contribution in [3.8, 4) is 5.75 Å². The fourth-order valence-corrected chi connectivity index (χ4v) is 3.96. The number of anilines is 3. The first kappa shape index (κ1) is 16.1. The van der Waals surface area contributed by atoms with Crippen LogP contribution in [0.2, 0.25) is 0 Å². The number of phenolic OH excluding ortho intramolecular Hbond substituents is 1. The number of hydrogen-bond donors (Lipinski definition) is 1. The van der Waals surface area contributed by atoms with Gasteiger partial charge in [-0.15, -0.1) is 0 Å². The normalized spacial score (nSPS) is 18.5. The van der Waals surface area contributed by atoms with Gasteiger partial charge in [0, 0.05) is 50.6 Å². The van der Waals surface area contributed by atoms with Crippen LogP contribution < -0.4 is 14.7 Å². The van der Waals surface area contributed by atoms with E-state index in [9.17, 15) is 5.11 Å². The third-order valence-corrected chi connectivity index (χ3v) is 5.42. The van der Waals surface area contributed by atoms with E-state index in [1.54, 1.807) is 0 Å². The lowest BCUT2D eigenvalue weighted by Gasteiger charge is -2.38. The van der Waals surface area contributed by atoms with Crippen LogP contribution >= 0.6 is 0 Å². The number of piperidine rings is 1. The van der Waals surface area contributed by atoms with Crippen molar-refractivity contribution in [3.05, 3.63) is 48.5 Å². The van der Waals surface area contributed by atoms with Crippen LogP contribution in [0.5, 0.6) is 5.75 Å². The highest BCUT2D eigenvalue weighted by Gasteiger charge is 2.20. The summed E-state index contributed by atoms with van der Waals surface area (Å²) in [5, 5.41) is 10.3. The molecule has 1 N–H and O–H groups in total. The molecule has 0 spiro atoms. The van der Waals surface area contributed by atoms with E-state index in [0.29, 0.717) is 5.75 Å². The number of piperazine rings is 1. The van der Waals surface area contributed by atoms with Crippen LogP contribution in [0.4, 0.5) is 17.1 Å². The zero-order valence-electron chi connectivity index (χ0n) is 14.8. The van der Waals surface area contributed by atoms with Gasteiger partial charge in [0.2, 0.25) is 0 Å². The molecule has 132 valence electrons. The van der Waals surface area contributed by atoms with E-state index < -0.39 is 0 Å². The highest BCUT2D eigenvalue weighted by atomic mass is 16.3. The van der Waals surface area contributed by atoms with Crippen LogP contribution in [-0.4, -0.2) is 44.4 Å². The van der Waals surface area contributed by atoms with E-state index in [2.05, 4.69) is 57.2 Å². The highest BCUT2D eigenvalue weighted by molar-refractivity contribution is 5.67. The summed E-state index contributed by atoms with van der Waals surface area (Å²) in [7, 11) is 0. The molecule has 0 aliphatic carbocycles. The largest absolute Gasteiger partial charge is 0.506 e. The molecule has 4 nitrogen and oxygen atoms in total. The maximum atomic E-state index is 10.3. The Labute approximate surface area is 150 Å². The summed E-state index contributed by atoms with van der Waals surface area (Å²) >= 11 is 0. The molecule has 0 atom stereocenters. The molecule has 2 heterocycles. The topological polar surface area (TPSA) is 30.0 Å². The molecule has 0 aromatic heterocycles. The number of para-hydroxylation sites is 1. The first-order valence-corrected chi connectivity index (χ1v) is 9.44. The lowest BCUT2D eigenvalue weighted by Crippen LogP contribution is -2.46. The fourth-order valence-electron chi connectivity index (χ4n) is 3.96. The van der Waals surface area contributed by atoms with Crippen molar-refractivity contribution in [1.29, 1.82) is 0 Å². The van der Waals surface area contributed by atoms with E-state index in [1.807, 2.05) is 6.07 Å². The monoisotopic (exact) mass is 337 g/mol. The minimum atomic E-state index is 0.411. The van der Waals surface area contributed by atoms with Crippen LogP contribution in [-0.2, 0) is 0 Å². The number of rotatable bonds is 3. The van der Waals surface area contributed by atoms with Crippen LogP contribution in [0.25, 0.3) is 0 Å². The maximum absolute atomic E-state index is 10.3. The zero-order valence-corrected chi connectivity index (χ0v) is 14.8. The van der Waals surface area contributed by atoms with Crippen LogP contribution in [0.3, 0.4) is 0 Å². The van der Waals surface area contributed by atoms with Crippen molar-refractivity contribution >= 4 is 17.1 Å². The molecule has 2 aromatic carbocycles. The molecule has 2 aromatic rings. The molecular weight excluding hydrogens is 310 g/mol. The molecule has 0 saturated carbocycles. The third-order valence-electron chi connectivity index (χ3n) is 5.42. The van der Waals surface area contributed by atoms with E-state index in [4.69, 9.17) is 0 Å². The van der Waals surface area contributed by atoms with Crippen molar-refractivity contribution in [2.24, 2.45) is 0 Å². The first-order valence-electron chi connectivity index (χ1n) is 9.44. The van der Waals surface area contributed by atoms with Crippen molar-refractivity contribution in [3.63, 3.8) is 0 Å². The Hall–Kier alpha value is -2.36. The van der Waals surface area contributed by atoms with Crippen molar-refractivity contribution in [2.75, 3.05) is 54.0 Å². The quantitative estimate of drug-likeness (QED) is 0.925. The Morgan fingerprint density at radius 2 is 1.24 bits per heavy atom. The van der Waals surface area contributed by atoms with Gasteiger partial charge in [-0.25, -0.2) is 0 Å². The van der Waals surface area contributed by atoms with E-state index in [-0.39, 0.29) is 0 Å². The van der Waals surface area contributed by atoms with Gasteiger partial charge < -0.3 is 19.8 Å². The molecule has 0 bridgehead atoms. The number of aromatic hydroxyl groups is 1. The van der Waals surface area contributed by atoms with Gasteiger partial charge in [0.25, 0.3) is 0 Å². The molecule has 0 radical (unpaired) electrons. The molecular formula is C21H27N3O. The number of benzene rings is 2. The average molecular weight is 337 g/mol. The maximum Gasteiger partial charge on any atom is 0.139 e. The van der Waals surface area contributed by atoms with E-state index >= 15 is 0 Å². The lowest BCUT2D eigenvalue weighted by molar-refractivity contribution is 0.469. The van der Waals surface area contributed by atoms with Crippen LogP contribution in [0.15, 0.2) is 48.5 Å². The molecule has 4 rings (SSSR count). The second kappa shape index (κ2) is 7.26. The summed E-state index contributed by atoms with van der Waals surface area (Å²) in [6, 6.07) is 16.7. The van der Waals surface area contributed by atoms with Gasteiger partial charge in [-0.2, -0.15) is 0 Å². The van der Waals surface area contributed by atoms with Crippen molar-refractivity contribution in [1.82, 2.24) is 0 Å². The SMILES string of the molecule is Oc1ccc(N2CCN(c3ccccc3)CC2)cc1N1CCCCC1.